The van der Waals surface area contributed by atoms with Gasteiger partial charge in [-0.1, -0.05) is 36.8 Å². The molecule has 0 aliphatic carbocycles. The first kappa shape index (κ1) is 14.5. The number of hydrogen-bond donors (Lipinski definition) is 1. The van der Waals surface area contributed by atoms with Gasteiger partial charge >= 0.3 is 0 Å². The van der Waals surface area contributed by atoms with Crippen molar-refractivity contribution in [1.29, 1.82) is 0 Å². The molecular formula is C17H28N2. The first-order valence-corrected chi connectivity index (χ1v) is 7.50. The Kier molecular flexibility index (Phi) is 4.64. The monoisotopic (exact) mass is 260 g/mol. The van der Waals surface area contributed by atoms with E-state index >= 15 is 0 Å². The van der Waals surface area contributed by atoms with Gasteiger partial charge in [0.25, 0.3) is 0 Å². The molecule has 0 amide bonds. The third kappa shape index (κ3) is 3.58. The van der Waals surface area contributed by atoms with Crippen molar-refractivity contribution >= 4 is 0 Å². The van der Waals surface area contributed by atoms with Crippen molar-refractivity contribution in [3.8, 4) is 0 Å². The molecule has 0 aromatic heterocycles. The van der Waals surface area contributed by atoms with Crippen molar-refractivity contribution in [2.45, 2.75) is 52.2 Å². The maximum atomic E-state index is 3.84. The molecule has 1 aliphatic rings. The molecule has 2 heteroatoms. The van der Waals surface area contributed by atoms with Crippen LogP contribution >= 0.6 is 0 Å². The number of benzene rings is 1. The molecule has 1 aliphatic heterocycles. The molecule has 2 rings (SSSR count). The molecule has 3 unspecified atom stereocenters. The second-order valence-electron chi connectivity index (χ2n) is 6.41. The molecule has 0 spiro atoms. The molecule has 0 saturated carbocycles. The molecule has 1 N–H and O–H groups in total. The molecule has 1 saturated heterocycles. The summed E-state index contributed by atoms with van der Waals surface area (Å²) in [7, 11) is 2.24. The van der Waals surface area contributed by atoms with E-state index in [2.05, 4.69) is 69.2 Å². The van der Waals surface area contributed by atoms with Crippen LogP contribution in [-0.4, -0.2) is 30.6 Å². The van der Waals surface area contributed by atoms with Gasteiger partial charge in [-0.25, -0.2) is 0 Å². The van der Waals surface area contributed by atoms with Gasteiger partial charge in [0.2, 0.25) is 0 Å². The van der Waals surface area contributed by atoms with Crippen molar-refractivity contribution in [3.63, 3.8) is 0 Å². The minimum atomic E-state index is 0.433. The Hall–Kier alpha value is -0.860. The van der Waals surface area contributed by atoms with Crippen LogP contribution in [0.15, 0.2) is 24.3 Å². The Labute approximate surface area is 118 Å². The van der Waals surface area contributed by atoms with Crippen LogP contribution in [0.3, 0.4) is 0 Å². The summed E-state index contributed by atoms with van der Waals surface area (Å²) >= 11 is 0. The predicted molar refractivity (Wildman–Crippen MR) is 82.4 cm³/mol. The van der Waals surface area contributed by atoms with Crippen LogP contribution in [-0.2, 0) is 0 Å². The summed E-state index contributed by atoms with van der Waals surface area (Å²) in [6, 6.07) is 10.6. The van der Waals surface area contributed by atoms with Crippen LogP contribution in [0.25, 0.3) is 0 Å². The fourth-order valence-electron chi connectivity index (χ4n) is 3.13. The molecule has 1 fully saturated rings. The van der Waals surface area contributed by atoms with E-state index in [9.17, 15) is 0 Å². The summed E-state index contributed by atoms with van der Waals surface area (Å²) in [4.78, 5) is 2.47. The van der Waals surface area contributed by atoms with E-state index in [1.807, 2.05) is 0 Å². The van der Waals surface area contributed by atoms with Crippen molar-refractivity contribution in [2.75, 3.05) is 13.6 Å². The summed E-state index contributed by atoms with van der Waals surface area (Å²) in [5.41, 5.74) is 2.75. The number of rotatable bonds is 3. The van der Waals surface area contributed by atoms with Crippen LogP contribution in [0, 0.1) is 12.8 Å². The first-order valence-electron chi connectivity index (χ1n) is 7.50. The zero-order valence-corrected chi connectivity index (χ0v) is 13.0. The Balaban J connectivity index is 2.00. The van der Waals surface area contributed by atoms with E-state index in [1.54, 1.807) is 0 Å². The SMILES string of the molecule is Cc1cccc([C@@H](C)NC2CC(C)N(C)CC2C)c1. The number of aryl methyl sites for hydroxylation is 1. The van der Waals surface area contributed by atoms with Crippen LogP contribution in [0.5, 0.6) is 0 Å². The first-order chi connectivity index (χ1) is 8.97. The molecule has 1 aromatic rings. The van der Waals surface area contributed by atoms with Crippen molar-refractivity contribution in [1.82, 2.24) is 10.2 Å². The number of piperidine rings is 1. The Morgan fingerprint density at radius 3 is 2.74 bits per heavy atom. The molecule has 2 nitrogen and oxygen atoms in total. The van der Waals surface area contributed by atoms with Crippen LogP contribution in [0.4, 0.5) is 0 Å². The molecule has 4 atom stereocenters. The Morgan fingerprint density at radius 2 is 2.05 bits per heavy atom. The van der Waals surface area contributed by atoms with Gasteiger partial charge in [-0.3, -0.25) is 0 Å². The van der Waals surface area contributed by atoms with Gasteiger partial charge in [-0.2, -0.15) is 0 Å². The molecule has 19 heavy (non-hydrogen) atoms. The van der Waals surface area contributed by atoms with Gasteiger partial charge in [0, 0.05) is 24.7 Å². The zero-order chi connectivity index (χ0) is 14.0. The maximum Gasteiger partial charge on any atom is 0.0294 e. The topological polar surface area (TPSA) is 15.3 Å². The predicted octanol–water partition coefficient (Wildman–Crippen LogP) is 3.37. The second-order valence-corrected chi connectivity index (χ2v) is 6.41. The Bertz CT molecular complexity index is 415. The summed E-state index contributed by atoms with van der Waals surface area (Å²) in [5, 5.41) is 3.84. The van der Waals surface area contributed by atoms with Crippen LogP contribution in [0.1, 0.15) is 44.4 Å². The normalized spacial score (nSPS) is 30.3. The summed E-state index contributed by atoms with van der Waals surface area (Å²) in [5.74, 6) is 0.716. The van der Waals surface area contributed by atoms with E-state index in [0.717, 1.165) is 0 Å². The van der Waals surface area contributed by atoms with E-state index in [0.29, 0.717) is 24.0 Å². The van der Waals surface area contributed by atoms with Gasteiger partial charge < -0.3 is 10.2 Å². The molecule has 106 valence electrons. The number of nitrogens with zero attached hydrogens (tertiary/aromatic N) is 1. The average molecular weight is 260 g/mol. The number of hydrogen-bond acceptors (Lipinski definition) is 2. The smallest absolute Gasteiger partial charge is 0.0294 e. The largest absolute Gasteiger partial charge is 0.307 e. The lowest BCUT2D eigenvalue weighted by atomic mass is 9.89. The highest BCUT2D eigenvalue weighted by atomic mass is 15.2. The lowest BCUT2D eigenvalue weighted by Crippen LogP contribution is -2.51. The zero-order valence-electron chi connectivity index (χ0n) is 13.0. The van der Waals surface area contributed by atoms with Crippen LogP contribution < -0.4 is 5.32 Å². The minimum Gasteiger partial charge on any atom is -0.307 e. The Morgan fingerprint density at radius 1 is 1.32 bits per heavy atom. The van der Waals surface area contributed by atoms with Gasteiger partial charge in [0.05, 0.1) is 0 Å². The van der Waals surface area contributed by atoms with Gasteiger partial charge in [0.1, 0.15) is 0 Å². The highest BCUT2D eigenvalue weighted by Gasteiger charge is 2.29. The van der Waals surface area contributed by atoms with Crippen molar-refractivity contribution < 1.29 is 0 Å². The third-order valence-electron chi connectivity index (χ3n) is 4.62. The van der Waals surface area contributed by atoms with Crippen molar-refractivity contribution in [2.24, 2.45) is 5.92 Å². The lowest BCUT2D eigenvalue weighted by Gasteiger charge is -2.41. The van der Waals surface area contributed by atoms with E-state index in [4.69, 9.17) is 0 Å². The van der Waals surface area contributed by atoms with Gasteiger partial charge in [-0.15, -0.1) is 0 Å². The highest BCUT2D eigenvalue weighted by molar-refractivity contribution is 5.24. The van der Waals surface area contributed by atoms with E-state index in [1.165, 1.54) is 24.1 Å². The molecule has 0 bridgehead atoms. The van der Waals surface area contributed by atoms with Crippen molar-refractivity contribution in [3.05, 3.63) is 35.4 Å². The highest BCUT2D eigenvalue weighted by Crippen LogP contribution is 2.24. The summed E-state index contributed by atoms with van der Waals surface area (Å²) in [6.45, 7) is 10.3. The number of likely N-dealkylation sites (tertiary alicyclic amines) is 1. The molecule has 1 aromatic carbocycles. The quantitative estimate of drug-likeness (QED) is 0.896. The fraction of sp³-hybridized carbons (Fsp3) is 0.647. The lowest BCUT2D eigenvalue weighted by molar-refractivity contribution is 0.116. The summed E-state index contributed by atoms with van der Waals surface area (Å²) in [6.07, 6.45) is 1.24. The van der Waals surface area contributed by atoms with Crippen LogP contribution in [0.2, 0.25) is 0 Å². The number of nitrogens with one attached hydrogen (secondary N) is 1. The third-order valence-corrected chi connectivity index (χ3v) is 4.62. The molecule has 1 heterocycles. The molecule has 0 radical (unpaired) electrons. The molecular weight excluding hydrogens is 232 g/mol. The average Bonchev–Trinajstić information content (AvgIpc) is 2.36. The van der Waals surface area contributed by atoms with E-state index in [-0.39, 0.29) is 0 Å². The standard InChI is InChI=1S/C17H28N2/c1-12-7-6-8-16(9-12)15(4)18-17-10-14(3)19(5)11-13(17)2/h6-9,13-15,17-18H,10-11H2,1-5H3/t13?,14?,15-,17?/m1/s1. The maximum absolute atomic E-state index is 3.84. The van der Waals surface area contributed by atoms with E-state index < -0.39 is 0 Å². The minimum absolute atomic E-state index is 0.433. The fourth-order valence-corrected chi connectivity index (χ4v) is 3.13. The van der Waals surface area contributed by atoms with Gasteiger partial charge in [0.15, 0.2) is 0 Å². The van der Waals surface area contributed by atoms with Gasteiger partial charge in [-0.05, 0) is 45.7 Å². The second kappa shape index (κ2) is 6.06. The summed E-state index contributed by atoms with van der Waals surface area (Å²) < 4.78 is 0.